The van der Waals surface area contributed by atoms with Gasteiger partial charge in [-0.25, -0.2) is 8.78 Å². The summed E-state index contributed by atoms with van der Waals surface area (Å²) in [6, 6.07) is 1.62. The number of nitrogens with one attached hydrogen (secondary N) is 1. The number of halogens is 5. The molecule has 0 spiro atoms. The van der Waals surface area contributed by atoms with E-state index in [1.165, 1.54) is 12.3 Å². The van der Waals surface area contributed by atoms with Crippen molar-refractivity contribution in [2.45, 2.75) is 52.4 Å². The van der Waals surface area contributed by atoms with Gasteiger partial charge in [0.25, 0.3) is 12.3 Å². The van der Waals surface area contributed by atoms with E-state index in [0.29, 0.717) is 19.5 Å². The van der Waals surface area contributed by atoms with Gasteiger partial charge in [-0.3, -0.25) is 14.7 Å². The molecule has 4 nitrogen and oxygen atoms in total. The number of fused-ring (bicyclic) bond motifs is 1. The first-order valence-corrected chi connectivity index (χ1v) is 10.2. The van der Waals surface area contributed by atoms with Crippen molar-refractivity contribution < 1.29 is 26.7 Å². The van der Waals surface area contributed by atoms with Crippen LogP contribution in [0.15, 0.2) is 35.6 Å². The molecule has 1 amide bonds. The third-order valence-electron chi connectivity index (χ3n) is 5.69. The summed E-state index contributed by atoms with van der Waals surface area (Å²) in [7, 11) is 0. The lowest BCUT2D eigenvalue weighted by atomic mass is 9.87. The molecule has 170 valence electrons. The quantitative estimate of drug-likeness (QED) is 0.627. The number of amides is 1. The molecule has 0 aromatic carbocycles. The second-order valence-electron chi connectivity index (χ2n) is 8.51. The van der Waals surface area contributed by atoms with Crippen LogP contribution in [0.1, 0.15) is 54.8 Å². The number of nitrogens with zero attached hydrogens (tertiary/aromatic N) is 2. The molecule has 2 atom stereocenters. The van der Waals surface area contributed by atoms with E-state index in [9.17, 15) is 26.7 Å². The first-order chi connectivity index (χ1) is 14.5. The zero-order valence-corrected chi connectivity index (χ0v) is 17.6. The van der Waals surface area contributed by atoms with Crippen LogP contribution in [0.2, 0.25) is 0 Å². The summed E-state index contributed by atoms with van der Waals surface area (Å²) in [6.07, 6.45) is -2.51. The number of alkyl halides is 5. The Labute approximate surface area is 178 Å². The minimum Gasteiger partial charge on any atom is -0.346 e. The summed E-state index contributed by atoms with van der Waals surface area (Å²) in [4.78, 5) is 18.7. The Morgan fingerprint density at radius 2 is 2.00 bits per heavy atom. The molecule has 0 radical (unpaired) electrons. The molecule has 1 aliphatic heterocycles. The van der Waals surface area contributed by atoms with Gasteiger partial charge in [0.05, 0.1) is 23.8 Å². The average Bonchev–Trinajstić information content (AvgIpc) is 3.02. The van der Waals surface area contributed by atoms with Crippen molar-refractivity contribution in [3.8, 4) is 0 Å². The van der Waals surface area contributed by atoms with Crippen LogP contribution >= 0.6 is 0 Å². The van der Waals surface area contributed by atoms with Crippen molar-refractivity contribution in [1.29, 1.82) is 0 Å². The van der Waals surface area contributed by atoms with E-state index in [0.717, 1.165) is 16.8 Å². The highest BCUT2D eigenvalue weighted by Crippen LogP contribution is 2.41. The Morgan fingerprint density at radius 3 is 2.58 bits per heavy atom. The molecule has 1 aromatic rings. The second kappa shape index (κ2) is 9.06. The lowest BCUT2D eigenvalue weighted by Crippen LogP contribution is -2.30. The molecule has 2 heterocycles. The number of carbonyl (C=O) groups is 1. The molecule has 3 rings (SSSR count). The van der Waals surface area contributed by atoms with Gasteiger partial charge in [-0.05, 0) is 29.9 Å². The first-order valence-electron chi connectivity index (χ1n) is 10.2. The highest BCUT2D eigenvalue weighted by atomic mass is 19.4. The topological polar surface area (TPSA) is 45.2 Å². The van der Waals surface area contributed by atoms with Crippen molar-refractivity contribution in [3.05, 3.63) is 52.4 Å². The third-order valence-corrected chi connectivity index (χ3v) is 5.69. The maximum absolute atomic E-state index is 13.1. The van der Waals surface area contributed by atoms with Gasteiger partial charge in [-0.15, -0.1) is 0 Å². The monoisotopic (exact) mass is 443 g/mol. The molecule has 1 aliphatic carbocycles. The number of hydrogen-bond donors (Lipinski definition) is 1. The van der Waals surface area contributed by atoms with E-state index in [2.05, 4.69) is 15.2 Å². The Balaban J connectivity index is 1.78. The maximum atomic E-state index is 13.1. The van der Waals surface area contributed by atoms with Crippen molar-refractivity contribution in [2.75, 3.05) is 13.1 Å². The number of allylic oxidation sites excluding steroid dienone is 3. The molecular weight excluding hydrogens is 417 g/mol. The molecule has 0 bridgehead atoms. The van der Waals surface area contributed by atoms with E-state index in [1.54, 1.807) is 19.1 Å². The van der Waals surface area contributed by atoms with Crippen LogP contribution in [-0.4, -0.2) is 41.5 Å². The number of hydrogen-bond acceptors (Lipinski definition) is 3. The van der Waals surface area contributed by atoms with E-state index in [1.807, 2.05) is 13.8 Å². The fourth-order valence-corrected chi connectivity index (χ4v) is 4.39. The zero-order chi connectivity index (χ0) is 22.9. The predicted octanol–water partition coefficient (Wildman–Crippen LogP) is 5.04. The Hall–Kier alpha value is -2.29. The van der Waals surface area contributed by atoms with Crippen LogP contribution in [0.5, 0.6) is 0 Å². The second-order valence-corrected chi connectivity index (χ2v) is 8.51. The smallest absolute Gasteiger partial charge is 0.346 e. The molecular formula is C22H26F5N3O. The number of pyridine rings is 1. The Bertz CT molecular complexity index is 892. The van der Waals surface area contributed by atoms with Crippen LogP contribution in [0, 0.1) is 11.8 Å². The number of aromatic nitrogens is 1. The Morgan fingerprint density at radius 1 is 1.29 bits per heavy atom. The Kier molecular flexibility index (Phi) is 6.83. The number of rotatable bonds is 6. The predicted molar refractivity (Wildman–Crippen MR) is 107 cm³/mol. The largest absolute Gasteiger partial charge is 0.412 e. The molecule has 0 fully saturated rings. The van der Waals surface area contributed by atoms with Crippen LogP contribution in [0.3, 0.4) is 0 Å². The molecule has 0 saturated heterocycles. The SMILES string of the molecule is CC1CC(CN2Cc3cc(C(=O)NCC(F)F)cnc3[C@@H]2C(C)C)=CC=C1C(F)(F)F. The van der Waals surface area contributed by atoms with Gasteiger partial charge in [0.2, 0.25) is 0 Å². The molecule has 2 aliphatic rings. The third kappa shape index (κ3) is 5.31. The van der Waals surface area contributed by atoms with E-state index >= 15 is 0 Å². The summed E-state index contributed by atoms with van der Waals surface area (Å²) in [6.45, 7) is 5.92. The van der Waals surface area contributed by atoms with Crippen molar-refractivity contribution in [3.63, 3.8) is 0 Å². The van der Waals surface area contributed by atoms with Gasteiger partial charge in [-0.1, -0.05) is 38.5 Å². The minimum atomic E-state index is -4.32. The zero-order valence-electron chi connectivity index (χ0n) is 17.6. The summed E-state index contributed by atoms with van der Waals surface area (Å²) in [5.41, 5.74) is 2.26. The standard InChI is InChI=1S/C22H26F5N3O/c1-12(2)20-19-16(7-15(8-28-19)21(31)29-9-18(23)24)11-30(20)10-14-4-5-17(13(3)6-14)22(25,26)27/h4-5,7-8,12-13,18,20H,6,9-11H2,1-3H3,(H,29,31)/t13?,20-/m0/s1. The van der Waals surface area contributed by atoms with E-state index < -0.39 is 36.5 Å². The highest BCUT2D eigenvalue weighted by molar-refractivity contribution is 5.94. The molecule has 1 aromatic heterocycles. The van der Waals surface area contributed by atoms with Crippen molar-refractivity contribution in [2.24, 2.45) is 11.8 Å². The van der Waals surface area contributed by atoms with Gasteiger partial charge in [-0.2, -0.15) is 13.2 Å². The van der Waals surface area contributed by atoms with Crippen LogP contribution in [0.4, 0.5) is 22.0 Å². The van der Waals surface area contributed by atoms with E-state index in [-0.39, 0.29) is 17.5 Å². The molecule has 31 heavy (non-hydrogen) atoms. The summed E-state index contributed by atoms with van der Waals surface area (Å²) < 4.78 is 64.0. The van der Waals surface area contributed by atoms with E-state index in [4.69, 9.17) is 0 Å². The molecule has 1 unspecified atom stereocenters. The fourth-order valence-electron chi connectivity index (χ4n) is 4.39. The number of carbonyl (C=O) groups excluding carboxylic acids is 1. The molecule has 0 saturated carbocycles. The van der Waals surface area contributed by atoms with Crippen LogP contribution < -0.4 is 5.32 Å². The molecule has 9 heteroatoms. The highest BCUT2D eigenvalue weighted by Gasteiger charge is 2.39. The summed E-state index contributed by atoms with van der Waals surface area (Å²) in [5, 5.41) is 2.17. The first kappa shape index (κ1) is 23.4. The lowest BCUT2D eigenvalue weighted by Gasteiger charge is -2.31. The van der Waals surface area contributed by atoms with Gasteiger partial charge < -0.3 is 5.32 Å². The fraction of sp³-hybridized carbons (Fsp3) is 0.545. The maximum Gasteiger partial charge on any atom is 0.412 e. The normalized spacial score (nSPS) is 21.9. The van der Waals surface area contributed by atoms with Crippen molar-refractivity contribution >= 4 is 5.91 Å². The average molecular weight is 443 g/mol. The van der Waals surface area contributed by atoms with Gasteiger partial charge in [0.15, 0.2) is 0 Å². The minimum absolute atomic E-state index is 0.0441. The van der Waals surface area contributed by atoms with Gasteiger partial charge >= 0.3 is 6.18 Å². The summed E-state index contributed by atoms with van der Waals surface area (Å²) >= 11 is 0. The van der Waals surface area contributed by atoms with Crippen LogP contribution in [0.25, 0.3) is 0 Å². The van der Waals surface area contributed by atoms with Gasteiger partial charge in [0.1, 0.15) is 0 Å². The molecule has 1 N–H and O–H groups in total. The summed E-state index contributed by atoms with van der Waals surface area (Å²) in [5.74, 6) is -1.02. The van der Waals surface area contributed by atoms with Crippen LogP contribution in [-0.2, 0) is 6.54 Å². The lowest BCUT2D eigenvalue weighted by molar-refractivity contribution is -0.0986. The van der Waals surface area contributed by atoms with Gasteiger partial charge in [0, 0.05) is 24.9 Å². The van der Waals surface area contributed by atoms with Crippen molar-refractivity contribution in [1.82, 2.24) is 15.2 Å².